The van der Waals surface area contributed by atoms with Gasteiger partial charge in [0.25, 0.3) is 0 Å². The molecule has 0 heterocycles. The van der Waals surface area contributed by atoms with E-state index >= 15 is 0 Å². The van der Waals surface area contributed by atoms with Gasteiger partial charge < -0.3 is 10.6 Å². The highest BCUT2D eigenvalue weighted by Gasteiger charge is 2.36. The lowest BCUT2D eigenvalue weighted by Gasteiger charge is -2.25. The third-order valence-electron chi connectivity index (χ3n) is 3.50. The molecule has 4 nitrogen and oxygen atoms in total. The van der Waals surface area contributed by atoms with Crippen LogP contribution in [0, 0.1) is 0 Å². The van der Waals surface area contributed by atoms with Gasteiger partial charge in [-0.1, -0.05) is 81.2 Å². The van der Waals surface area contributed by atoms with Gasteiger partial charge >= 0.3 is 6.03 Å². The Morgan fingerprint density at radius 2 is 1.57 bits per heavy atom. The summed E-state index contributed by atoms with van der Waals surface area (Å²) < 4.78 is -1.95. The fraction of sp³-hybridized carbons (Fsp3) is 0.176. The van der Waals surface area contributed by atoms with Crippen molar-refractivity contribution in [2.75, 3.05) is 5.32 Å². The molecular formula is C17H11Cl7N2O2. The Morgan fingerprint density at radius 3 is 2.14 bits per heavy atom. The molecule has 150 valence electrons. The molecule has 0 aliphatic carbocycles. The van der Waals surface area contributed by atoms with Gasteiger partial charge in [0.1, 0.15) is 0 Å². The fourth-order valence-corrected chi connectivity index (χ4v) is 3.37. The molecule has 0 spiro atoms. The quantitative estimate of drug-likeness (QED) is 0.316. The summed E-state index contributed by atoms with van der Waals surface area (Å²) in [5, 5.41) is 6.09. The number of amides is 2. The highest BCUT2D eigenvalue weighted by atomic mass is 35.6. The van der Waals surface area contributed by atoms with E-state index < -0.39 is 21.6 Å². The second-order valence-corrected chi connectivity index (χ2v) is 9.60. The zero-order valence-electron chi connectivity index (χ0n) is 13.7. The standard InChI is InChI=1S/C17H11Cl7N2O2/c18-8-1-3-10(12(20)5-8)14(27)7-15(17(22,23)24)26-16(28)25-9-2-4-11(19)13(21)6-9/h1-6,15H,7H2,(H2,25,26,28)/t15-/m0/s1. The van der Waals surface area contributed by atoms with E-state index in [-0.39, 0.29) is 22.0 Å². The second-order valence-electron chi connectivity index (χ2n) is 5.57. The van der Waals surface area contributed by atoms with Crippen LogP contribution in [0.4, 0.5) is 10.5 Å². The van der Waals surface area contributed by atoms with E-state index in [4.69, 9.17) is 81.2 Å². The lowest BCUT2D eigenvalue weighted by atomic mass is 10.0. The van der Waals surface area contributed by atoms with Crippen molar-refractivity contribution in [3.05, 3.63) is 62.1 Å². The number of rotatable bonds is 5. The Balaban J connectivity index is 2.11. The molecular weight excluding hydrogens is 512 g/mol. The van der Waals surface area contributed by atoms with Crippen LogP contribution in [-0.4, -0.2) is 21.6 Å². The maximum absolute atomic E-state index is 12.5. The smallest absolute Gasteiger partial charge is 0.319 e. The number of carbonyl (C=O) groups excluding carboxylic acids is 2. The molecule has 28 heavy (non-hydrogen) atoms. The number of Topliss-reactive ketones (excluding diaryl/α,β-unsaturated/α-hetero) is 1. The normalized spacial score (nSPS) is 12.4. The van der Waals surface area contributed by atoms with E-state index in [2.05, 4.69) is 10.6 Å². The Labute approximate surface area is 196 Å². The molecule has 0 fully saturated rings. The molecule has 0 saturated carbocycles. The van der Waals surface area contributed by atoms with E-state index in [0.717, 1.165) is 0 Å². The number of anilines is 1. The number of halogens is 7. The highest BCUT2D eigenvalue weighted by Crippen LogP contribution is 2.33. The summed E-state index contributed by atoms with van der Waals surface area (Å²) in [6, 6.07) is 7.05. The van der Waals surface area contributed by atoms with Crippen molar-refractivity contribution in [3.8, 4) is 0 Å². The molecule has 0 aromatic heterocycles. The molecule has 0 bridgehead atoms. The molecule has 2 aromatic carbocycles. The van der Waals surface area contributed by atoms with Gasteiger partial charge in [-0.05, 0) is 36.4 Å². The van der Waals surface area contributed by atoms with Crippen molar-refractivity contribution in [3.63, 3.8) is 0 Å². The van der Waals surface area contributed by atoms with Gasteiger partial charge in [-0.25, -0.2) is 4.79 Å². The van der Waals surface area contributed by atoms with Gasteiger partial charge in [-0.3, -0.25) is 4.79 Å². The van der Waals surface area contributed by atoms with E-state index in [1.54, 1.807) is 0 Å². The number of alkyl halides is 3. The van der Waals surface area contributed by atoms with Crippen molar-refractivity contribution in [1.29, 1.82) is 0 Å². The number of ketones is 1. The Kier molecular flexibility index (Phi) is 8.41. The topological polar surface area (TPSA) is 58.2 Å². The number of urea groups is 1. The molecule has 0 unspecified atom stereocenters. The maximum atomic E-state index is 12.5. The number of hydrogen-bond donors (Lipinski definition) is 2. The van der Waals surface area contributed by atoms with Crippen LogP contribution in [-0.2, 0) is 0 Å². The van der Waals surface area contributed by atoms with Crippen LogP contribution >= 0.6 is 81.2 Å². The van der Waals surface area contributed by atoms with E-state index in [0.29, 0.717) is 15.7 Å². The Bertz CT molecular complexity index is 900. The Morgan fingerprint density at radius 1 is 0.893 bits per heavy atom. The first-order valence-electron chi connectivity index (χ1n) is 7.55. The van der Waals surface area contributed by atoms with Crippen LogP contribution in [0.5, 0.6) is 0 Å². The number of carbonyl (C=O) groups is 2. The average molecular weight is 523 g/mol. The van der Waals surface area contributed by atoms with Crippen molar-refractivity contribution in [1.82, 2.24) is 5.32 Å². The fourth-order valence-electron chi connectivity index (χ4n) is 2.16. The highest BCUT2D eigenvalue weighted by molar-refractivity contribution is 6.68. The third kappa shape index (κ3) is 6.74. The molecule has 2 N–H and O–H groups in total. The number of benzene rings is 2. The Hall–Kier alpha value is -0.590. The van der Waals surface area contributed by atoms with E-state index in [1.807, 2.05) is 0 Å². The van der Waals surface area contributed by atoms with Crippen molar-refractivity contribution >= 4 is 98.7 Å². The maximum Gasteiger partial charge on any atom is 0.319 e. The SMILES string of the molecule is O=C(Nc1ccc(Cl)c(Cl)c1)N[C@@H](CC(=O)c1ccc(Cl)cc1Cl)C(Cl)(Cl)Cl. The number of nitrogens with one attached hydrogen (secondary N) is 2. The largest absolute Gasteiger partial charge is 0.330 e. The number of hydrogen-bond acceptors (Lipinski definition) is 2. The first-order valence-corrected chi connectivity index (χ1v) is 10.2. The van der Waals surface area contributed by atoms with Crippen molar-refractivity contribution in [2.45, 2.75) is 16.3 Å². The average Bonchev–Trinajstić information content (AvgIpc) is 2.56. The minimum absolute atomic E-state index is 0.154. The van der Waals surface area contributed by atoms with Gasteiger partial charge in [0, 0.05) is 22.7 Å². The molecule has 1 atom stereocenters. The van der Waals surface area contributed by atoms with Crippen LogP contribution in [0.25, 0.3) is 0 Å². The molecule has 0 radical (unpaired) electrons. The lowest BCUT2D eigenvalue weighted by molar-refractivity contribution is 0.0971. The van der Waals surface area contributed by atoms with Gasteiger partial charge in [-0.2, -0.15) is 0 Å². The molecule has 2 amide bonds. The summed E-state index contributed by atoms with van der Waals surface area (Å²) in [4.78, 5) is 24.8. The zero-order valence-corrected chi connectivity index (χ0v) is 19.0. The summed E-state index contributed by atoms with van der Waals surface area (Å²) in [6.45, 7) is 0. The second kappa shape index (κ2) is 9.94. The van der Waals surface area contributed by atoms with Gasteiger partial charge in [0.15, 0.2) is 5.78 Å². The summed E-state index contributed by atoms with van der Waals surface area (Å²) in [5.74, 6) is -0.437. The monoisotopic (exact) mass is 520 g/mol. The molecule has 0 aliphatic rings. The van der Waals surface area contributed by atoms with Crippen LogP contribution in [0.1, 0.15) is 16.8 Å². The van der Waals surface area contributed by atoms with Crippen LogP contribution in [0.3, 0.4) is 0 Å². The van der Waals surface area contributed by atoms with Crippen LogP contribution < -0.4 is 10.6 Å². The third-order valence-corrected chi connectivity index (χ3v) is 5.58. The summed E-state index contributed by atoms with van der Waals surface area (Å²) in [6.07, 6.45) is -0.313. The summed E-state index contributed by atoms with van der Waals surface area (Å²) in [7, 11) is 0. The summed E-state index contributed by atoms with van der Waals surface area (Å²) >= 11 is 41.4. The summed E-state index contributed by atoms with van der Waals surface area (Å²) in [5.41, 5.74) is 0.555. The predicted octanol–water partition coefficient (Wildman–Crippen LogP) is 7.43. The first-order chi connectivity index (χ1) is 13.0. The molecule has 11 heteroatoms. The van der Waals surface area contributed by atoms with E-state index in [1.165, 1.54) is 36.4 Å². The van der Waals surface area contributed by atoms with Crippen LogP contribution in [0.2, 0.25) is 20.1 Å². The van der Waals surface area contributed by atoms with Crippen molar-refractivity contribution < 1.29 is 9.59 Å². The molecule has 0 saturated heterocycles. The lowest BCUT2D eigenvalue weighted by Crippen LogP contribution is -2.46. The van der Waals surface area contributed by atoms with Gasteiger partial charge in [-0.15, -0.1) is 0 Å². The predicted molar refractivity (Wildman–Crippen MR) is 118 cm³/mol. The minimum Gasteiger partial charge on any atom is -0.330 e. The molecule has 2 aromatic rings. The van der Waals surface area contributed by atoms with Crippen molar-refractivity contribution in [2.24, 2.45) is 0 Å². The van der Waals surface area contributed by atoms with E-state index in [9.17, 15) is 9.59 Å². The first kappa shape index (κ1) is 23.7. The minimum atomic E-state index is -1.95. The molecule has 0 aliphatic heterocycles. The van der Waals surface area contributed by atoms with Gasteiger partial charge in [0.05, 0.1) is 21.1 Å². The van der Waals surface area contributed by atoms with Gasteiger partial charge in [0.2, 0.25) is 3.79 Å². The molecule has 2 rings (SSSR count). The van der Waals surface area contributed by atoms with Crippen LogP contribution in [0.15, 0.2) is 36.4 Å². The zero-order chi connectivity index (χ0) is 21.1.